The Hall–Kier alpha value is -2.10. The molecule has 1 aliphatic heterocycles. The van der Waals surface area contributed by atoms with E-state index in [0.717, 1.165) is 49.8 Å². The van der Waals surface area contributed by atoms with Gasteiger partial charge in [-0.1, -0.05) is 43.0 Å². The van der Waals surface area contributed by atoms with Crippen molar-refractivity contribution in [2.75, 3.05) is 33.2 Å². The SMILES string of the molecule is C=Cc1ccc(Oc2ccccc2CN2CCN(C)CC2)cc1. The van der Waals surface area contributed by atoms with Crippen LogP contribution in [-0.4, -0.2) is 43.0 Å². The van der Waals surface area contributed by atoms with E-state index in [1.54, 1.807) is 0 Å². The number of likely N-dealkylation sites (N-methyl/N-ethyl adjacent to an activating group) is 1. The standard InChI is InChI=1S/C20H24N2O/c1-3-17-8-10-19(11-9-17)23-20-7-5-4-6-18(20)16-22-14-12-21(2)13-15-22/h3-11H,1,12-16H2,2H3. The average Bonchev–Trinajstić information content (AvgIpc) is 2.59. The summed E-state index contributed by atoms with van der Waals surface area (Å²) in [6, 6.07) is 16.3. The van der Waals surface area contributed by atoms with Gasteiger partial charge in [0.2, 0.25) is 0 Å². The van der Waals surface area contributed by atoms with Gasteiger partial charge < -0.3 is 9.64 Å². The lowest BCUT2D eigenvalue weighted by molar-refractivity contribution is 0.147. The predicted octanol–water partition coefficient (Wildman–Crippen LogP) is 3.87. The van der Waals surface area contributed by atoms with Crippen molar-refractivity contribution in [3.63, 3.8) is 0 Å². The third-order valence-electron chi connectivity index (χ3n) is 4.31. The van der Waals surface area contributed by atoms with Gasteiger partial charge in [-0.05, 0) is 30.8 Å². The summed E-state index contributed by atoms with van der Waals surface area (Å²) in [4.78, 5) is 4.86. The molecule has 3 nitrogen and oxygen atoms in total. The molecule has 1 fully saturated rings. The summed E-state index contributed by atoms with van der Waals surface area (Å²) in [7, 11) is 2.18. The zero-order valence-corrected chi connectivity index (χ0v) is 13.7. The fraction of sp³-hybridized carbons (Fsp3) is 0.300. The van der Waals surface area contributed by atoms with Crippen molar-refractivity contribution in [3.8, 4) is 11.5 Å². The van der Waals surface area contributed by atoms with Crippen LogP contribution in [0.2, 0.25) is 0 Å². The van der Waals surface area contributed by atoms with Gasteiger partial charge in [-0.2, -0.15) is 0 Å². The molecule has 2 aromatic rings. The predicted molar refractivity (Wildman–Crippen MR) is 95.8 cm³/mol. The van der Waals surface area contributed by atoms with E-state index in [-0.39, 0.29) is 0 Å². The van der Waals surface area contributed by atoms with Crippen LogP contribution in [0.5, 0.6) is 11.5 Å². The van der Waals surface area contributed by atoms with Crippen LogP contribution in [-0.2, 0) is 6.54 Å². The van der Waals surface area contributed by atoms with E-state index in [2.05, 4.69) is 35.6 Å². The average molecular weight is 308 g/mol. The van der Waals surface area contributed by atoms with Gasteiger partial charge in [0, 0.05) is 38.3 Å². The van der Waals surface area contributed by atoms with Crippen LogP contribution in [0.4, 0.5) is 0 Å². The number of benzene rings is 2. The maximum atomic E-state index is 6.10. The molecule has 0 bridgehead atoms. The highest BCUT2D eigenvalue weighted by Crippen LogP contribution is 2.27. The fourth-order valence-corrected chi connectivity index (χ4v) is 2.78. The van der Waals surface area contributed by atoms with Gasteiger partial charge in [0.05, 0.1) is 0 Å². The van der Waals surface area contributed by atoms with E-state index in [9.17, 15) is 0 Å². The number of ether oxygens (including phenoxy) is 1. The molecule has 1 aliphatic rings. The van der Waals surface area contributed by atoms with Crippen LogP contribution in [0, 0.1) is 0 Å². The van der Waals surface area contributed by atoms with E-state index >= 15 is 0 Å². The molecule has 0 aliphatic carbocycles. The summed E-state index contributed by atoms with van der Waals surface area (Å²) in [5.41, 5.74) is 2.34. The third kappa shape index (κ3) is 4.21. The second-order valence-electron chi connectivity index (χ2n) is 6.06. The minimum absolute atomic E-state index is 0.862. The van der Waals surface area contributed by atoms with E-state index in [1.165, 1.54) is 5.56 Å². The normalized spacial score (nSPS) is 16.2. The van der Waals surface area contributed by atoms with Gasteiger partial charge in [-0.25, -0.2) is 0 Å². The Morgan fingerprint density at radius 2 is 1.70 bits per heavy atom. The van der Waals surface area contributed by atoms with Gasteiger partial charge in [0.1, 0.15) is 11.5 Å². The first-order valence-corrected chi connectivity index (χ1v) is 8.14. The van der Waals surface area contributed by atoms with E-state index in [0.29, 0.717) is 0 Å². The Morgan fingerprint density at radius 3 is 2.39 bits per heavy atom. The Kier molecular flexibility index (Phi) is 5.11. The lowest BCUT2D eigenvalue weighted by Gasteiger charge is -2.32. The van der Waals surface area contributed by atoms with E-state index in [4.69, 9.17) is 4.74 Å². The number of piperazine rings is 1. The summed E-state index contributed by atoms with van der Waals surface area (Å²) in [5.74, 6) is 1.80. The zero-order valence-electron chi connectivity index (χ0n) is 13.7. The van der Waals surface area contributed by atoms with E-state index in [1.807, 2.05) is 42.5 Å². The molecule has 0 spiro atoms. The monoisotopic (exact) mass is 308 g/mol. The van der Waals surface area contributed by atoms with Gasteiger partial charge in [0.25, 0.3) is 0 Å². The quantitative estimate of drug-likeness (QED) is 0.834. The number of rotatable bonds is 5. The number of hydrogen-bond acceptors (Lipinski definition) is 3. The van der Waals surface area contributed by atoms with Crippen LogP contribution in [0.25, 0.3) is 6.08 Å². The molecule has 23 heavy (non-hydrogen) atoms. The summed E-state index contributed by atoms with van der Waals surface area (Å²) >= 11 is 0. The van der Waals surface area contributed by atoms with Crippen molar-refractivity contribution < 1.29 is 4.74 Å². The molecule has 0 amide bonds. The molecule has 120 valence electrons. The first-order valence-electron chi connectivity index (χ1n) is 8.14. The molecular formula is C20H24N2O. The molecule has 1 heterocycles. The van der Waals surface area contributed by atoms with Crippen molar-refractivity contribution in [1.82, 2.24) is 9.80 Å². The van der Waals surface area contributed by atoms with E-state index < -0.39 is 0 Å². The molecule has 0 atom stereocenters. The van der Waals surface area contributed by atoms with Crippen molar-refractivity contribution >= 4 is 6.08 Å². The summed E-state index contributed by atoms with van der Waals surface area (Å²) < 4.78 is 6.10. The van der Waals surface area contributed by atoms with Gasteiger partial charge in [-0.3, -0.25) is 4.90 Å². The fourth-order valence-electron chi connectivity index (χ4n) is 2.78. The highest BCUT2D eigenvalue weighted by molar-refractivity contribution is 5.49. The van der Waals surface area contributed by atoms with Crippen LogP contribution < -0.4 is 4.74 Å². The summed E-state index contributed by atoms with van der Waals surface area (Å²) in [6.07, 6.45) is 1.84. The lowest BCUT2D eigenvalue weighted by Crippen LogP contribution is -2.43. The third-order valence-corrected chi connectivity index (χ3v) is 4.31. The second-order valence-corrected chi connectivity index (χ2v) is 6.06. The molecule has 3 rings (SSSR count). The molecule has 3 heteroatoms. The molecule has 1 saturated heterocycles. The second kappa shape index (κ2) is 7.44. The Balaban J connectivity index is 1.70. The number of hydrogen-bond donors (Lipinski definition) is 0. The summed E-state index contributed by atoms with van der Waals surface area (Å²) in [6.45, 7) is 9.20. The Bertz CT molecular complexity index is 643. The molecular weight excluding hydrogens is 284 g/mol. The molecule has 0 N–H and O–H groups in total. The minimum atomic E-state index is 0.862. The van der Waals surface area contributed by atoms with Crippen molar-refractivity contribution in [3.05, 3.63) is 66.2 Å². The van der Waals surface area contributed by atoms with Crippen LogP contribution >= 0.6 is 0 Å². The Labute approximate surface area is 138 Å². The highest BCUT2D eigenvalue weighted by atomic mass is 16.5. The van der Waals surface area contributed by atoms with Crippen LogP contribution in [0.1, 0.15) is 11.1 Å². The zero-order chi connectivity index (χ0) is 16.1. The first-order chi connectivity index (χ1) is 11.2. The Morgan fingerprint density at radius 1 is 1.00 bits per heavy atom. The molecule has 2 aromatic carbocycles. The van der Waals surface area contributed by atoms with Gasteiger partial charge in [-0.15, -0.1) is 0 Å². The smallest absolute Gasteiger partial charge is 0.131 e. The first kappa shape index (κ1) is 15.8. The maximum Gasteiger partial charge on any atom is 0.131 e. The van der Waals surface area contributed by atoms with Crippen molar-refractivity contribution in [2.24, 2.45) is 0 Å². The van der Waals surface area contributed by atoms with Crippen LogP contribution in [0.15, 0.2) is 55.1 Å². The molecule has 0 saturated carbocycles. The summed E-state index contributed by atoms with van der Waals surface area (Å²) in [5, 5.41) is 0. The van der Waals surface area contributed by atoms with Gasteiger partial charge >= 0.3 is 0 Å². The highest BCUT2D eigenvalue weighted by Gasteiger charge is 2.15. The molecule has 0 aromatic heterocycles. The van der Waals surface area contributed by atoms with Crippen LogP contribution in [0.3, 0.4) is 0 Å². The molecule has 0 unspecified atom stereocenters. The maximum absolute atomic E-state index is 6.10. The largest absolute Gasteiger partial charge is 0.457 e. The minimum Gasteiger partial charge on any atom is -0.457 e. The topological polar surface area (TPSA) is 15.7 Å². The molecule has 0 radical (unpaired) electrons. The number of para-hydroxylation sites is 1. The number of nitrogens with zero attached hydrogens (tertiary/aromatic N) is 2. The van der Waals surface area contributed by atoms with Gasteiger partial charge in [0.15, 0.2) is 0 Å². The van der Waals surface area contributed by atoms with Crippen molar-refractivity contribution in [2.45, 2.75) is 6.54 Å². The van der Waals surface area contributed by atoms with Crippen molar-refractivity contribution in [1.29, 1.82) is 0 Å². The lowest BCUT2D eigenvalue weighted by atomic mass is 10.1.